The Balaban J connectivity index is 2.01. The van der Waals surface area contributed by atoms with Crippen molar-refractivity contribution in [1.29, 1.82) is 0 Å². The summed E-state index contributed by atoms with van der Waals surface area (Å²) in [5, 5.41) is 3.56. The molecule has 2 heterocycles. The van der Waals surface area contributed by atoms with E-state index >= 15 is 0 Å². The maximum absolute atomic E-state index is 3.56. The van der Waals surface area contributed by atoms with E-state index in [0.29, 0.717) is 0 Å². The molecule has 0 aliphatic carbocycles. The number of hydrogen-bond donors (Lipinski definition) is 1. The Morgan fingerprint density at radius 2 is 2.07 bits per heavy atom. The zero-order chi connectivity index (χ0) is 9.97. The monoisotopic (exact) mass is 196 g/mol. The molecule has 14 heavy (non-hydrogen) atoms. The predicted octanol–water partition coefficient (Wildman–Crippen LogP) is 2.00. The van der Waals surface area contributed by atoms with E-state index in [2.05, 4.69) is 24.1 Å². The second-order valence-electron chi connectivity index (χ2n) is 4.96. The summed E-state index contributed by atoms with van der Waals surface area (Å²) in [4.78, 5) is 2.81. The van der Waals surface area contributed by atoms with E-state index in [-0.39, 0.29) is 0 Å². The summed E-state index contributed by atoms with van der Waals surface area (Å²) < 4.78 is 0. The van der Waals surface area contributed by atoms with Crippen LogP contribution >= 0.6 is 0 Å². The smallest absolute Gasteiger partial charge is 0.0226 e. The van der Waals surface area contributed by atoms with Gasteiger partial charge in [-0.25, -0.2) is 0 Å². The average Bonchev–Trinajstić information content (AvgIpc) is 2.40. The number of fused-ring (bicyclic) bond motifs is 2. The van der Waals surface area contributed by atoms with Crippen LogP contribution in [0.3, 0.4) is 0 Å². The third-order valence-electron chi connectivity index (χ3n) is 3.93. The van der Waals surface area contributed by atoms with Gasteiger partial charge in [-0.2, -0.15) is 0 Å². The molecule has 82 valence electrons. The molecule has 0 aromatic carbocycles. The fraction of sp³-hybridized carbons (Fsp3) is 1.00. The molecule has 0 spiro atoms. The minimum Gasteiger partial charge on any atom is -0.315 e. The van der Waals surface area contributed by atoms with E-state index in [1.54, 1.807) is 0 Å². The van der Waals surface area contributed by atoms with Crippen LogP contribution < -0.4 is 5.32 Å². The van der Waals surface area contributed by atoms with Crippen LogP contribution in [-0.4, -0.2) is 36.1 Å². The highest BCUT2D eigenvalue weighted by Gasteiger charge is 2.36. The first-order valence-corrected chi connectivity index (χ1v) is 6.31. The minimum atomic E-state index is 0.803. The fourth-order valence-electron chi connectivity index (χ4n) is 3.31. The second-order valence-corrected chi connectivity index (χ2v) is 4.96. The van der Waals surface area contributed by atoms with E-state index < -0.39 is 0 Å². The Morgan fingerprint density at radius 3 is 2.86 bits per heavy atom. The Hall–Kier alpha value is -0.0800. The lowest BCUT2D eigenvalue weighted by atomic mass is 10.1. The largest absolute Gasteiger partial charge is 0.315 e. The van der Waals surface area contributed by atoms with E-state index in [1.807, 2.05) is 0 Å². The predicted molar refractivity (Wildman–Crippen MR) is 60.5 cm³/mol. The van der Waals surface area contributed by atoms with E-state index in [1.165, 1.54) is 45.2 Å². The number of rotatable bonds is 3. The van der Waals surface area contributed by atoms with Crippen molar-refractivity contribution in [3.8, 4) is 0 Å². The first-order valence-electron chi connectivity index (χ1n) is 6.31. The van der Waals surface area contributed by atoms with Gasteiger partial charge < -0.3 is 5.32 Å². The summed E-state index contributed by atoms with van der Waals surface area (Å²) in [6.07, 6.45) is 6.92. The molecule has 2 heteroatoms. The average molecular weight is 196 g/mol. The lowest BCUT2D eigenvalue weighted by Crippen LogP contribution is -2.43. The Morgan fingerprint density at radius 1 is 1.29 bits per heavy atom. The van der Waals surface area contributed by atoms with Gasteiger partial charge in [-0.15, -0.1) is 0 Å². The normalized spacial score (nSPS) is 35.6. The van der Waals surface area contributed by atoms with E-state index in [0.717, 1.165) is 18.1 Å². The number of nitrogens with zero attached hydrogens (tertiary/aromatic N) is 1. The van der Waals surface area contributed by atoms with E-state index in [9.17, 15) is 0 Å². The van der Waals surface area contributed by atoms with Gasteiger partial charge >= 0.3 is 0 Å². The highest BCUT2D eigenvalue weighted by Crippen LogP contribution is 2.30. The second kappa shape index (κ2) is 4.63. The van der Waals surface area contributed by atoms with Crippen LogP contribution in [0.1, 0.15) is 46.0 Å². The van der Waals surface area contributed by atoms with Gasteiger partial charge in [0.1, 0.15) is 0 Å². The number of hydrogen-bond acceptors (Lipinski definition) is 2. The molecule has 2 aliphatic heterocycles. The molecule has 2 bridgehead atoms. The van der Waals surface area contributed by atoms with Gasteiger partial charge in [-0.1, -0.05) is 13.3 Å². The first-order chi connectivity index (χ1) is 6.83. The Kier molecular flexibility index (Phi) is 3.45. The third-order valence-corrected chi connectivity index (χ3v) is 3.93. The maximum atomic E-state index is 3.56. The summed E-state index contributed by atoms with van der Waals surface area (Å²) in [6.45, 7) is 7.18. The quantitative estimate of drug-likeness (QED) is 0.743. The van der Waals surface area contributed by atoms with Gasteiger partial charge in [0.15, 0.2) is 0 Å². The molecule has 0 aromatic rings. The van der Waals surface area contributed by atoms with Gasteiger partial charge in [0.25, 0.3) is 0 Å². The van der Waals surface area contributed by atoms with Crippen molar-refractivity contribution >= 4 is 0 Å². The standard InChI is InChI=1S/C12H24N2/c1-3-4-10(2)14-11-5-6-12(14)9-13-8-7-11/h10-13H,3-9H2,1-2H3/t10?,11-,12+/m1/s1. The Bertz CT molecular complexity index is 167. The zero-order valence-electron chi connectivity index (χ0n) is 9.63. The summed E-state index contributed by atoms with van der Waals surface area (Å²) in [7, 11) is 0. The van der Waals surface area contributed by atoms with Crippen molar-refractivity contribution in [3.63, 3.8) is 0 Å². The minimum absolute atomic E-state index is 0.803. The van der Waals surface area contributed by atoms with Crippen LogP contribution in [0.15, 0.2) is 0 Å². The molecule has 2 rings (SSSR count). The van der Waals surface area contributed by atoms with Crippen LogP contribution in [0.4, 0.5) is 0 Å². The molecule has 2 fully saturated rings. The lowest BCUT2D eigenvalue weighted by Gasteiger charge is -2.33. The number of nitrogens with one attached hydrogen (secondary N) is 1. The molecule has 0 amide bonds. The van der Waals surface area contributed by atoms with Crippen LogP contribution in [0.2, 0.25) is 0 Å². The molecule has 2 saturated heterocycles. The molecule has 1 N–H and O–H groups in total. The summed E-state index contributed by atoms with van der Waals surface area (Å²) in [6, 6.07) is 2.53. The lowest BCUT2D eigenvalue weighted by molar-refractivity contribution is 0.139. The summed E-state index contributed by atoms with van der Waals surface area (Å²) in [5.41, 5.74) is 0. The van der Waals surface area contributed by atoms with Crippen LogP contribution in [-0.2, 0) is 0 Å². The first kappa shape index (κ1) is 10.4. The van der Waals surface area contributed by atoms with Crippen molar-refractivity contribution in [2.45, 2.75) is 64.1 Å². The molecule has 2 nitrogen and oxygen atoms in total. The summed E-state index contributed by atoms with van der Waals surface area (Å²) >= 11 is 0. The zero-order valence-corrected chi connectivity index (χ0v) is 9.63. The molecule has 3 atom stereocenters. The SMILES string of the molecule is CCCC(C)N1[C@H]2CCNC[C@@H]1CC2. The molecular formula is C12H24N2. The van der Waals surface area contributed by atoms with Crippen molar-refractivity contribution in [1.82, 2.24) is 10.2 Å². The van der Waals surface area contributed by atoms with Gasteiger partial charge in [-0.3, -0.25) is 4.90 Å². The van der Waals surface area contributed by atoms with Crippen LogP contribution in [0.25, 0.3) is 0 Å². The van der Waals surface area contributed by atoms with Gasteiger partial charge in [0.05, 0.1) is 0 Å². The molecule has 0 radical (unpaired) electrons. The van der Waals surface area contributed by atoms with Gasteiger partial charge in [0, 0.05) is 24.7 Å². The van der Waals surface area contributed by atoms with Gasteiger partial charge in [0.2, 0.25) is 0 Å². The highest BCUT2D eigenvalue weighted by molar-refractivity contribution is 4.94. The van der Waals surface area contributed by atoms with Gasteiger partial charge in [-0.05, 0) is 39.2 Å². The molecule has 2 aliphatic rings. The van der Waals surface area contributed by atoms with Crippen molar-refractivity contribution in [2.24, 2.45) is 0 Å². The fourth-order valence-corrected chi connectivity index (χ4v) is 3.31. The molecule has 0 aromatic heterocycles. The van der Waals surface area contributed by atoms with E-state index in [4.69, 9.17) is 0 Å². The third kappa shape index (κ3) is 1.96. The molecule has 0 saturated carbocycles. The highest BCUT2D eigenvalue weighted by atomic mass is 15.3. The Labute approximate surface area is 88.1 Å². The summed E-state index contributed by atoms with van der Waals surface area (Å²) in [5.74, 6) is 0. The van der Waals surface area contributed by atoms with Crippen molar-refractivity contribution < 1.29 is 0 Å². The topological polar surface area (TPSA) is 15.3 Å². The van der Waals surface area contributed by atoms with Crippen molar-refractivity contribution in [3.05, 3.63) is 0 Å². The van der Waals surface area contributed by atoms with Crippen molar-refractivity contribution in [2.75, 3.05) is 13.1 Å². The van der Waals surface area contributed by atoms with Crippen LogP contribution in [0, 0.1) is 0 Å². The maximum Gasteiger partial charge on any atom is 0.0226 e. The van der Waals surface area contributed by atoms with Crippen LogP contribution in [0.5, 0.6) is 0 Å². The molecule has 1 unspecified atom stereocenters. The molecular weight excluding hydrogens is 172 g/mol.